The van der Waals surface area contributed by atoms with E-state index in [1.807, 2.05) is 23.8 Å². The van der Waals surface area contributed by atoms with Gasteiger partial charge in [0.2, 0.25) is 11.8 Å². The summed E-state index contributed by atoms with van der Waals surface area (Å²) in [5, 5.41) is 3.64. The molecule has 3 atom stereocenters. The van der Waals surface area contributed by atoms with Crippen LogP contribution >= 0.6 is 0 Å². The minimum Gasteiger partial charge on any atom is -0.342 e. The highest BCUT2D eigenvalue weighted by Gasteiger charge is 2.38. The van der Waals surface area contributed by atoms with Crippen LogP contribution in [0.5, 0.6) is 0 Å². The van der Waals surface area contributed by atoms with E-state index in [4.69, 9.17) is 0 Å². The van der Waals surface area contributed by atoms with E-state index in [-0.39, 0.29) is 17.7 Å². The van der Waals surface area contributed by atoms with Crippen molar-refractivity contribution in [2.75, 3.05) is 20.1 Å². The zero-order valence-corrected chi connectivity index (χ0v) is 14.6. The van der Waals surface area contributed by atoms with Crippen molar-refractivity contribution in [2.24, 2.45) is 5.92 Å². The van der Waals surface area contributed by atoms with E-state index in [2.05, 4.69) is 5.32 Å². The van der Waals surface area contributed by atoms with E-state index in [1.165, 1.54) is 12.8 Å². The van der Waals surface area contributed by atoms with Gasteiger partial charge in [-0.2, -0.15) is 0 Å². The molecule has 3 aliphatic rings. The fourth-order valence-electron chi connectivity index (χ4n) is 4.59. The van der Waals surface area contributed by atoms with Crippen LogP contribution in [0.4, 0.5) is 0 Å². The monoisotopic (exact) mass is 321 g/mol. The predicted octanol–water partition coefficient (Wildman–Crippen LogP) is 1.77. The summed E-state index contributed by atoms with van der Waals surface area (Å²) in [5.74, 6) is 0.472. The number of amides is 2. The number of rotatable bonds is 4. The van der Waals surface area contributed by atoms with Crippen molar-refractivity contribution in [3.8, 4) is 0 Å². The van der Waals surface area contributed by atoms with E-state index in [1.54, 1.807) is 0 Å². The van der Waals surface area contributed by atoms with Gasteiger partial charge in [0.1, 0.15) is 0 Å². The Balaban J connectivity index is 1.57. The molecule has 0 aliphatic carbocycles. The van der Waals surface area contributed by atoms with Gasteiger partial charge in [0.05, 0.1) is 5.92 Å². The Morgan fingerprint density at radius 1 is 1.17 bits per heavy atom. The van der Waals surface area contributed by atoms with Gasteiger partial charge in [-0.3, -0.25) is 9.59 Å². The highest BCUT2D eigenvalue weighted by molar-refractivity contribution is 5.81. The molecular formula is C18H31N3O2. The molecule has 2 bridgehead atoms. The van der Waals surface area contributed by atoms with E-state index >= 15 is 0 Å². The first-order chi connectivity index (χ1) is 11.1. The molecule has 2 amide bonds. The first-order valence-electron chi connectivity index (χ1n) is 9.39. The van der Waals surface area contributed by atoms with Crippen LogP contribution in [0.3, 0.4) is 0 Å². The lowest BCUT2D eigenvalue weighted by Gasteiger charge is -2.39. The van der Waals surface area contributed by atoms with Gasteiger partial charge in [-0.25, -0.2) is 0 Å². The molecule has 23 heavy (non-hydrogen) atoms. The van der Waals surface area contributed by atoms with Crippen molar-refractivity contribution in [3.05, 3.63) is 0 Å². The highest BCUT2D eigenvalue weighted by atomic mass is 16.2. The first-order valence-corrected chi connectivity index (χ1v) is 9.39. The van der Waals surface area contributed by atoms with Gasteiger partial charge in [0, 0.05) is 44.7 Å². The molecule has 0 aromatic carbocycles. The maximum atomic E-state index is 12.9. The summed E-state index contributed by atoms with van der Waals surface area (Å²) in [5.41, 5.74) is 0. The fourth-order valence-corrected chi connectivity index (χ4v) is 4.59. The lowest BCUT2D eigenvalue weighted by molar-refractivity contribution is -0.142. The summed E-state index contributed by atoms with van der Waals surface area (Å²) in [7, 11) is 1.98. The highest BCUT2D eigenvalue weighted by Crippen LogP contribution is 2.30. The van der Waals surface area contributed by atoms with Crippen LogP contribution < -0.4 is 5.32 Å². The Bertz CT molecular complexity index is 442. The van der Waals surface area contributed by atoms with Crippen molar-refractivity contribution in [2.45, 2.75) is 76.4 Å². The van der Waals surface area contributed by atoms with Crippen LogP contribution in [0.2, 0.25) is 0 Å². The number of likely N-dealkylation sites (tertiary alicyclic amines) is 1. The second kappa shape index (κ2) is 7.20. The molecule has 1 N–H and O–H groups in total. The quantitative estimate of drug-likeness (QED) is 0.858. The first kappa shape index (κ1) is 16.7. The number of nitrogens with one attached hydrogen (secondary N) is 1. The van der Waals surface area contributed by atoms with Crippen LogP contribution in [0.15, 0.2) is 0 Å². The summed E-state index contributed by atoms with van der Waals surface area (Å²) in [6.45, 7) is 3.48. The van der Waals surface area contributed by atoms with Gasteiger partial charge in [-0.15, -0.1) is 0 Å². The molecule has 3 rings (SSSR count). The van der Waals surface area contributed by atoms with Gasteiger partial charge in [0.25, 0.3) is 0 Å². The van der Waals surface area contributed by atoms with Gasteiger partial charge in [-0.1, -0.05) is 6.92 Å². The molecular weight excluding hydrogens is 290 g/mol. The summed E-state index contributed by atoms with van der Waals surface area (Å²) in [6, 6.07) is 1.58. The molecule has 5 heteroatoms. The molecule has 0 spiro atoms. The summed E-state index contributed by atoms with van der Waals surface area (Å²) >= 11 is 0. The molecule has 0 saturated carbocycles. The number of carbonyl (C=O) groups excluding carboxylic acids is 2. The zero-order chi connectivity index (χ0) is 16.4. The number of hydrogen-bond donors (Lipinski definition) is 1. The molecule has 5 nitrogen and oxygen atoms in total. The maximum absolute atomic E-state index is 12.9. The number of fused-ring (bicyclic) bond motifs is 2. The van der Waals surface area contributed by atoms with Gasteiger partial charge >= 0.3 is 0 Å². The normalized spacial score (nSPS) is 33.6. The SMILES string of the molecule is CCCC(=O)N1CCCC(C(=O)N(C)C2CC3CCC(C2)N3)C1. The van der Waals surface area contributed by atoms with Gasteiger partial charge in [0.15, 0.2) is 0 Å². The smallest absolute Gasteiger partial charge is 0.227 e. The van der Waals surface area contributed by atoms with E-state index in [9.17, 15) is 9.59 Å². The third kappa shape index (κ3) is 3.70. The second-order valence-electron chi connectivity index (χ2n) is 7.64. The minimum atomic E-state index is 0.00194. The molecule has 3 fully saturated rings. The minimum absolute atomic E-state index is 0.00194. The van der Waals surface area contributed by atoms with Crippen molar-refractivity contribution in [3.63, 3.8) is 0 Å². The van der Waals surface area contributed by atoms with E-state index < -0.39 is 0 Å². The average Bonchev–Trinajstić information content (AvgIpc) is 2.91. The number of hydrogen-bond acceptors (Lipinski definition) is 3. The number of nitrogens with zero attached hydrogens (tertiary/aromatic N) is 2. The summed E-state index contributed by atoms with van der Waals surface area (Å²) in [6.07, 6.45) is 8.06. The van der Waals surface area contributed by atoms with Crippen molar-refractivity contribution in [1.82, 2.24) is 15.1 Å². The fraction of sp³-hybridized carbons (Fsp3) is 0.889. The predicted molar refractivity (Wildman–Crippen MR) is 89.9 cm³/mol. The van der Waals surface area contributed by atoms with Crippen molar-refractivity contribution in [1.29, 1.82) is 0 Å². The van der Waals surface area contributed by atoms with Crippen LogP contribution in [0.1, 0.15) is 58.3 Å². The van der Waals surface area contributed by atoms with Crippen molar-refractivity contribution >= 4 is 11.8 Å². The number of carbonyl (C=O) groups is 2. The largest absolute Gasteiger partial charge is 0.342 e. The third-order valence-corrected chi connectivity index (χ3v) is 5.93. The molecule has 0 aromatic heterocycles. The Hall–Kier alpha value is -1.10. The molecule has 3 unspecified atom stereocenters. The lowest BCUT2D eigenvalue weighted by atomic mass is 9.93. The Labute approximate surface area is 139 Å². The van der Waals surface area contributed by atoms with E-state index in [0.29, 0.717) is 31.1 Å². The third-order valence-electron chi connectivity index (χ3n) is 5.93. The molecule has 3 aliphatic heterocycles. The molecule has 130 valence electrons. The summed E-state index contributed by atoms with van der Waals surface area (Å²) in [4.78, 5) is 29.0. The topological polar surface area (TPSA) is 52.7 Å². The Kier molecular flexibility index (Phi) is 5.24. The average molecular weight is 321 g/mol. The number of piperidine rings is 2. The second-order valence-corrected chi connectivity index (χ2v) is 7.64. The molecule has 0 aromatic rings. The maximum Gasteiger partial charge on any atom is 0.227 e. The Morgan fingerprint density at radius 2 is 1.87 bits per heavy atom. The molecule has 3 saturated heterocycles. The van der Waals surface area contributed by atoms with Crippen LogP contribution in [0, 0.1) is 5.92 Å². The van der Waals surface area contributed by atoms with Crippen LogP contribution in [0.25, 0.3) is 0 Å². The standard InChI is InChI=1S/C18H31N3O2/c1-3-5-17(22)21-9-4-6-13(12-21)18(23)20(2)16-10-14-7-8-15(11-16)19-14/h13-16,19H,3-12H2,1-2H3. The van der Waals surface area contributed by atoms with Crippen molar-refractivity contribution < 1.29 is 9.59 Å². The Morgan fingerprint density at radius 3 is 2.52 bits per heavy atom. The van der Waals surface area contributed by atoms with Crippen LogP contribution in [-0.4, -0.2) is 59.9 Å². The van der Waals surface area contributed by atoms with Gasteiger partial charge < -0.3 is 15.1 Å². The summed E-state index contributed by atoms with van der Waals surface area (Å²) < 4.78 is 0. The molecule has 0 radical (unpaired) electrons. The lowest BCUT2D eigenvalue weighted by Crippen LogP contribution is -2.52. The zero-order valence-electron chi connectivity index (χ0n) is 14.6. The van der Waals surface area contributed by atoms with Crippen LogP contribution in [-0.2, 0) is 9.59 Å². The molecule has 3 heterocycles. The van der Waals surface area contributed by atoms with Gasteiger partial charge in [-0.05, 0) is 44.9 Å². The van der Waals surface area contributed by atoms with E-state index in [0.717, 1.165) is 38.6 Å².